The Kier molecular flexibility index (Phi) is 6.88. The summed E-state index contributed by atoms with van der Waals surface area (Å²) < 4.78 is 0. The number of hydrogen-bond acceptors (Lipinski definition) is 3. The van der Waals surface area contributed by atoms with Gasteiger partial charge in [0.2, 0.25) is 0 Å². The Morgan fingerprint density at radius 2 is 2.06 bits per heavy atom. The van der Waals surface area contributed by atoms with E-state index in [0.29, 0.717) is 6.04 Å². The first-order valence-electron chi connectivity index (χ1n) is 7.16. The normalized spacial score (nSPS) is 12.9. The molecule has 0 aromatic carbocycles. The van der Waals surface area contributed by atoms with Gasteiger partial charge >= 0.3 is 0 Å². The lowest BCUT2D eigenvalue weighted by atomic mass is 10.0. The number of nitrogens with one attached hydrogen (secondary N) is 1. The minimum absolute atomic E-state index is 0.380. The molecule has 0 aliphatic heterocycles. The van der Waals surface area contributed by atoms with E-state index >= 15 is 0 Å². The zero-order valence-electron chi connectivity index (χ0n) is 12.2. The first kappa shape index (κ1) is 15.1. The van der Waals surface area contributed by atoms with Crippen molar-refractivity contribution in [2.45, 2.75) is 59.4 Å². The second-order valence-corrected chi connectivity index (χ2v) is 5.36. The fraction of sp³-hybridized carbons (Fsp3) is 0.733. The molecule has 1 rings (SSSR count). The third kappa shape index (κ3) is 5.58. The first-order chi connectivity index (χ1) is 8.63. The number of rotatable bonds is 8. The van der Waals surface area contributed by atoms with Crippen LogP contribution in [0.1, 0.15) is 64.0 Å². The monoisotopic (exact) mass is 249 g/mol. The standard InChI is InChI=1S/C15H27N3/c1-5-10-17-14(8-6-7-12(2)3)15-9-11-16-13(4)18-15/h9,11-12,14,17H,5-8,10H2,1-4H3. The maximum atomic E-state index is 4.55. The second kappa shape index (κ2) is 8.20. The van der Waals surface area contributed by atoms with Crippen molar-refractivity contribution >= 4 is 0 Å². The zero-order chi connectivity index (χ0) is 13.4. The Balaban J connectivity index is 2.59. The summed E-state index contributed by atoms with van der Waals surface area (Å²) in [5.41, 5.74) is 1.14. The fourth-order valence-electron chi connectivity index (χ4n) is 2.07. The molecule has 0 spiro atoms. The van der Waals surface area contributed by atoms with Gasteiger partial charge in [-0.15, -0.1) is 0 Å². The van der Waals surface area contributed by atoms with Gasteiger partial charge in [-0.1, -0.05) is 33.6 Å². The van der Waals surface area contributed by atoms with Gasteiger partial charge in [0, 0.05) is 12.2 Å². The molecule has 0 aliphatic carbocycles. The van der Waals surface area contributed by atoms with E-state index in [9.17, 15) is 0 Å². The van der Waals surface area contributed by atoms with Crippen LogP contribution in [0.2, 0.25) is 0 Å². The molecular formula is C15H27N3. The lowest BCUT2D eigenvalue weighted by molar-refractivity contribution is 0.440. The van der Waals surface area contributed by atoms with Crippen LogP contribution in [0.25, 0.3) is 0 Å². The minimum Gasteiger partial charge on any atom is -0.309 e. The summed E-state index contributed by atoms with van der Waals surface area (Å²) in [4.78, 5) is 8.72. The summed E-state index contributed by atoms with van der Waals surface area (Å²) in [6.07, 6.45) is 6.72. The highest BCUT2D eigenvalue weighted by molar-refractivity contribution is 5.07. The third-order valence-electron chi connectivity index (χ3n) is 3.07. The summed E-state index contributed by atoms with van der Waals surface area (Å²) in [7, 11) is 0. The van der Waals surface area contributed by atoms with Crippen LogP contribution in [0.15, 0.2) is 12.3 Å². The number of aromatic nitrogens is 2. The molecule has 1 N–H and O–H groups in total. The van der Waals surface area contributed by atoms with Gasteiger partial charge < -0.3 is 5.32 Å². The minimum atomic E-state index is 0.380. The van der Waals surface area contributed by atoms with Crippen LogP contribution in [0.5, 0.6) is 0 Å². The van der Waals surface area contributed by atoms with Gasteiger partial charge in [-0.05, 0) is 38.3 Å². The predicted molar refractivity (Wildman–Crippen MR) is 76.5 cm³/mol. The average Bonchev–Trinajstić information content (AvgIpc) is 2.33. The van der Waals surface area contributed by atoms with Gasteiger partial charge in [-0.25, -0.2) is 9.97 Å². The van der Waals surface area contributed by atoms with Crippen LogP contribution in [0.3, 0.4) is 0 Å². The Labute approximate surface area is 111 Å². The first-order valence-corrected chi connectivity index (χ1v) is 7.16. The SMILES string of the molecule is CCCNC(CCCC(C)C)c1ccnc(C)n1. The van der Waals surface area contributed by atoms with Crippen LogP contribution >= 0.6 is 0 Å². The molecule has 0 saturated heterocycles. The van der Waals surface area contributed by atoms with Crippen LogP contribution in [0, 0.1) is 12.8 Å². The fourth-order valence-corrected chi connectivity index (χ4v) is 2.07. The summed E-state index contributed by atoms with van der Waals surface area (Å²) in [6, 6.07) is 2.42. The highest BCUT2D eigenvalue weighted by Crippen LogP contribution is 2.19. The van der Waals surface area contributed by atoms with Crippen LogP contribution in [0.4, 0.5) is 0 Å². The molecule has 0 saturated carbocycles. The molecule has 1 aromatic rings. The van der Waals surface area contributed by atoms with Gasteiger partial charge in [0.05, 0.1) is 5.69 Å². The van der Waals surface area contributed by atoms with E-state index in [2.05, 4.69) is 36.1 Å². The molecule has 1 unspecified atom stereocenters. The van der Waals surface area contributed by atoms with E-state index in [0.717, 1.165) is 36.8 Å². The van der Waals surface area contributed by atoms with Crippen molar-refractivity contribution in [3.05, 3.63) is 23.8 Å². The van der Waals surface area contributed by atoms with Crippen molar-refractivity contribution in [2.75, 3.05) is 6.54 Å². The molecule has 102 valence electrons. The molecule has 0 amide bonds. The summed E-state index contributed by atoms with van der Waals surface area (Å²) in [5.74, 6) is 1.64. The quantitative estimate of drug-likeness (QED) is 0.764. The molecule has 0 aliphatic rings. The van der Waals surface area contributed by atoms with E-state index in [4.69, 9.17) is 0 Å². The third-order valence-corrected chi connectivity index (χ3v) is 3.07. The maximum Gasteiger partial charge on any atom is 0.125 e. The number of hydrogen-bond donors (Lipinski definition) is 1. The summed E-state index contributed by atoms with van der Waals surface area (Å²) in [6.45, 7) is 9.76. The Hall–Kier alpha value is -0.960. The topological polar surface area (TPSA) is 37.8 Å². The van der Waals surface area contributed by atoms with Gasteiger partial charge in [0.1, 0.15) is 5.82 Å². The van der Waals surface area contributed by atoms with Gasteiger partial charge in [0.15, 0.2) is 0 Å². The van der Waals surface area contributed by atoms with E-state index in [1.165, 1.54) is 12.8 Å². The molecule has 0 bridgehead atoms. The molecule has 3 nitrogen and oxygen atoms in total. The maximum absolute atomic E-state index is 4.55. The van der Waals surface area contributed by atoms with Crippen LogP contribution < -0.4 is 5.32 Å². The predicted octanol–water partition coefficient (Wildman–Crippen LogP) is 3.65. The summed E-state index contributed by atoms with van der Waals surface area (Å²) in [5, 5.41) is 3.60. The van der Waals surface area contributed by atoms with Crippen LogP contribution in [-0.4, -0.2) is 16.5 Å². The second-order valence-electron chi connectivity index (χ2n) is 5.36. The van der Waals surface area contributed by atoms with Crippen molar-refractivity contribution in [1.29, 1.82) is 0 Å². The van der Waals surface area contributed by atoms with E-state index in [1.54, 1.807) is 0 Å². The lowest BCUT2D eigenvalue weighted by Gasteiger charge is -2.18. The smallest absolute Gasteiger partial charge is 0.125 e. The molecule has 18 heavy (non-hydrogen) atoms. The van der Waals surface area contributed by atoms with E-state index in [1.807, 2.05) is 19.2 Å². The highest BCUT2D eigenvalue weighted by atomic mass is 15.0. The largest absolute Gasteiger partial charge is 0.309 e. The van der Waals surface area contributed by atoms with Crippen molar-refractivity contribution in [1.82, 2.24) is 15.3 Å². The zero-order valence-corrected chi connectivity index (χ0v) is 12.2. The molecule has 1 heterocycles. The number of aryl methyl sites for hydroxylation is 1. The Bertz CT molecular complexity index is 336. The summed E-state index contributed by atoms with van der Waals surface area (Å²) >= 11 is 0. The molecule has 1 atom stereocenters. The molecule has 1 aromatic heterocycles. The van der Waals surface area contributed by atoms with Gasteiger partial charge in [-0.2, -0.15) is 0 Å². The van der Waals surface area contributed by atoms with Crippen molar-refractivity contribution in [3.8, 4) is 0 Å². The van der Waals surface area contributed by atoms with E-state index < -0.39 is 0 Å². The Morgan fingerprint density at radius 1 is 1.28 bits per heavy atom. The molecular weight excluding hydrogens is 222 g/mol. The molecule has 0 fully saturated rings. The molecule has 3 heteroatoms. The average molecular weight is 249 g/mol. The molecule has 0 radical (unpaired) electrons. The van der Waals surface area contributed by atoms with Crippen molar-refractivity contribution in [2.24, 2.45) is 5.92 Å². The van der Waals surface area contributed by atoms with Crippen molar-refractivity contribution < 1.29 is 0 Å². The number of nitrogens with zero attached hydrogens (tertiary/aromatic N) is 2. The van der Waals surface area contributed by atoms with Gasteiger partial charge in [0.25, 0.3) is 0 Å². The van der Waals surface area contributed by atoms with Crippen LogP contribution in [-0.2, 0) is 0 Å². The van der Waals surface area contributed by atoms with Gasteiger partial charge in [-0.3, -0.25) is 0 Å². The Morgan fingerprint density at radius 3 is 2.67 bits per heavy atom. The lowest BCUT2D eigenvalue weighted by Crippen LogP contribution is -2.23. The van der Waals surface area contributed by atoms with E-state index in [-0.39, 0.29) is 0 Å². The highest BCUT2D eigenvalue weighted by Gasteiger charge is 2.12. The van der Waals surface area contributed by atoms with Crippen molar-refractivity contribution in [3.63, 3.8) is 0 Å².